The van der Waals surface area contributed by atoms with Gasteiger partial charge in [-0.15, -0.1) is 0 Å². The lowest BCUT2D eigenvalue weighted by atomic mass is 10.1. The van der Waals surface area contributed by atoms with Crippen LogP contribution in [-0.4, -0.2) is 44.0 Å². The molecule has 2 aromatic rings. The Morgan fingerprint density at radius 2 is 1.63 bits per heavy atom. The molecule has 0 aliphatic rings. The van der Waals surface area contributed by atoms with E-state index in [9.17, 15) is 22.8 Å². The summed E-state index contributed by atoms with van der Waals surface area (Å²) in [5.41, 5.74) is -2.69. The summed E-state index contributed by atoms with van der Waals surface area (Å²) >= 11 is 0. The standard InChI is InChI=1S/C21H23F3N2O4/c1-3-30-19(28)20(21(22,23)24,26-18(27)16-7-5-4-6-8-16)25-14-13-15-9-11-17(29-2)12-10-15/h4-12,25H,3,13-14H2,1-2H3,(H,26,27)/t20-/m1/s1. The number of benzene rings is 2. The van der Waals surface area contributed by atoms with Crippen LogP contribution < -0.4 is 15.4 Å². The monoisotopic (exact) mass is 424 g/mol. The van der Waals surface area contributed by atoms with E-state index >= 15 is 0 Å². The SMILES string of the molecule is CCOC(=O)[C@@](NCCc1ccc(OC)cc1)(NC(=O)c1ccccc1)C(F)(F)F. The molecule has 0 radical (unpaired) electrons. The van der Waals surface area contributed by atoms with Crippen LogP contribution in [-0.2, 0) is 16.0 Å². The summed E-state index contributed by atoms with van der Waals surface area (Å²) in [6.45, 7) is 0.854. The smallest absolute Gasteiger partial charge is 0.436 e. The fourth-order valence-electron chi connectivity index (χ4n) is 2.71. The fraction of sp³-hybridized carbons (Fsp3) is 0.333. The molecule has 0 fully saturated rings. The number of nitrogens with one attached hydrogen (secondary N) is 2. The second kappa shape index (κ2) is 10.1. The summed E-state index contributed by atoms with van der Waals surface area (Å²) in [6, 6.07) is 14.1. The van der Waals surface area contributed by atoms with Crippen LogP contribution in [0.2, 0.25) is 0 Å². The van der Waals surface area contributed by atoms with Crippen molar-refractivity contribution in [2.45, 2.75) is 25.2 Å². The van der Waals surface area contributed by atoms with Gasteiger partial charge < -0.3 is 14.8 Å². The molecule has 0 aliphatic carbocycles. The maximum atomic E-state index is 14.1. The van der Waals surface area contributed by atoms with Crippen LogP contribution in [0, 0.1) is 0 Å². The number of esters is 1. The topological polar surface area (TPSA) is 76.7 Å². The number of halogens is 3. The molecular weight excluding hydrogens is 401 g/mol. The van der Waals surface area contributed by atoms with E-state index < -0.39 is 23.7 Å². The lowest BCUT2D eigenvalue weighted by molar-refractivity contribution is -0.218. The molecule has 0 unspecified atom stereocenters. The number of hydrogen-bond donors (Lipinski definition) is 2. The van der Waals surface area contributed by atoms with Crippen molar-refractivity contribution in [2.24, 2.45) is 0 Å². The molecule has 0 aromatic heterocycles. The minimum Gasteiger partial charge on any atom is -0.497 e. The second-order valence-electron chi connectivity index (χ2n) is 6.31. The van der Waals surface area contributed by atoms with E-state index in [0.717, 1.165) is 5.56 Å². The second-order valence-corrected chi connectivity index (χ2v) is 6.31. The van der Waals surface area contributed by atoms with Crippen molar-refractivity contribution in [1.29, 1.82) is 0 Å². The highest BCUT2D eigenvalue weighted by molar-refractivity contribution is 5.98. The largest absolute Gasteiger partial charge is 0.497 e. The molecule has 0 saturated heterocycles. The van der Waals surface area contributed by atoms with E-state index in [4.69, 9.17) is 4.74 Å². The Kier molecular flexibility index (Phi) is 7.82. The maximum absolute atomic E-state index is 14.1. The Bertz CT molecular complexity index is 842. The van der Waals surface area contributed by atoms with Crippen molar-refractivity contribution in [1.82, 2.24) is 10.6 Å². The first-order valence-electron chi connectivity index (χ1n) is 9.23. The predicted molar refractivity (Wildman–Crippen MR) is 104 cm³/mol. The van der Waals surface area contributed by atoms with Gasteiger partial charge >= 0.3 is 12.1 Å². The molecule has 0 heterocycles. The van der Waals surface area contributed by atoms with E-state index in [-0.39, 0.29) is 25.1 Å². The highest BCUT2D eigenvalue weighted by atomic mass is 19.4. The third-order valence-corrected chi connectivity index (χ3v) is 4.31. The Morgan fingerprint density at radius 3 is 2.17 bits per heavy atom. The maximum Gasteiger partial charge on any atom is 0.436 e. The zero-order valence-corrected chi connectivity index (χ0v) is 16.6. The lowest BCUT2D eigenvalue weighted by Crippen LogP contribution is -2.73. The van der Waals surface area contributed by atoms with Gasteiger partial charge in [-0.25, -0.2) is 4.79 Å². The first-order valence-corrected chi connectivity index (χ1v) is 9.23. The van der Waals surface area contributed by atoms with Crippen LogP contribution in [0.15, 0.2) is 54.6 Å². The molecule has 162 valence electrons. The van der Waals surface area contributed by atoms with Crippen LogP contribution in [0.25, 0.3) is 0 Å². The lowest BCUT2D eigenvalue weighted by Gasteiger charge is -2.34. The molecule has 30 heavy (non-hydrogen) atoms. The van der Waals surface area contributed by atoms with Gasteiger partial charge in [-0.1, -0.05) is 30.3 Å². The van der Waals surface area contributed by atoms with Crippen LogP contribution in [0.1, 0.15) is 22.8 Å². The van der Waals surface area contributed by atoms with Gasteiger partial charge in [0.15, 0.2) is 0 Å². The zero-order valence-electron chi connectivity index (χ0n) is 16.6. The third kappa shape index (κ3) is 5.50. The molecule has 9 heteroatoms. The van der Waals surface area contributed by atoms with Crippen LogP contribution in [0.4, 0.5) is 13.2 Å². The van der Waals surface area contributed by atoms with Gasteiger partial charge in [0.05, 0.1) is 13.7 Å². The first-order chi connectivity index (χ1) is 14.2. The van der Waals surface area contributed by atoms with E-state index in [0.29, 0.717) is 5.75 Å². The summed E-state index contributed by atoms with van der Waals surface area (Å²) in [4.78, 5) is 24.8. The fourth-order valence-corrected chi connectivity index (χ4v) is 2.71. The molecule has 1 amide bonds. The number of hydrogen-bond acceptors (Lipinski definition) is 5. The molecule has 0 aliphatic heterocycles. The van der Waals surface area contributed by atoms with Crippen molar-refractivity contribution in [3.63, 3.8) is 0 Å². The summed E-state index contributed by atoms with van der Waals surface area (Å²) < 4.78 is 51.9. The zero-order chi connectivity index (χ0) is 22.2. The van der Waals surface area contributed by atoms with E-state index in [2.05, 4.69) is 10.1 Å². The molecule has 6 nitrogen and oxygen atoms in total. The van der Waals surface area contributed by atoms with Gasteiger partial charge in [-0.05, 0) is 43.2 Å². The van der Waals surface area contributed by atoms with Crippen molar-refractivity contribution < 1.29 is 32.2 Å². The Labute approximate surface area is 172 Å². The Morgan fingerprint density at radius 1 is 1.00 bits per heavy atom. The molecule has 0 spiro atoms. The highest BCUT2D eigenvalue weighted by Crippen LogP contribution is 2.30. The number of rotatable bonds is 9. The van der Waals surface area contributed by atoms with Gasteiger partial charge in [0.1, 0.15) is 5.75 Å². The molecule has 2 N–H and O–H groups in total. The average Bonchev–Trinajstić information content (AvgIpc) is 2.73. The van der Waals surface area contributed by atoms with Gasteiger partial charge in [-0.3, -0.25) is 10.1 Å². The number of methoxy groups -OCH3 is 1. The van der Waals surface area contributed by atoms with E-state index in [1.54, 1.807) is 35.6 Å². The predicted octanol–water partition coefficient (Wildman–Crippen LogP) is 3.08. The number of ether oxygens (including phenoxy) is 2. The minimum atomic E-state index is -5.15. The number of carbonyl (C=O) groups excluding carboxylic acids is 2. The van der Waals surface area contributed by atoms with Crippen molar-refractivity contribution >= 4 is 11.9 Å². The quantitative estimate of drug-likeness (QED) is 0.478. The average molecular weight is 424 g/mol. The van der Waals surface area contributed by atoms with Crippen molar-refractivity contribution in [2.75, 3.05) is 20.3 Å². The van der Waals surface area contributed by atoms with Gasteiger partial charge in [0.25, 0.3) is 11.6 Å². The molecule has 2 rings (SSSR count). The van der Waals surface area contributed by atoms with Crippen molar-refractivity contribution in [3.8, 4) is 5.75 Å². The van der Waals surface area contributed by atoms with E-state index in [1.165, 1.54) is 38.3 Å². The molecular formula is C21H23F3N2O4. The summed E-state index contributed by atoms with van der Waals surface area (Å²) in [5.74, 6) is -2.08. The number of carbonyl (C=O) groups is 2. The van der Waals surface area contributed by atoms with Crippen molar-refractivity contribution in [3.05, 3.63) is 65.7 Å². The Balaban J connectivity index is 2.26. The molecule has 2 aromatic carbocycles. The van der Waals surface area contributed by atoms with Crippen LogP contribution in [0.5, 0.6) is 5.75 Å². The van der Waals surface area contributed by atoms with Gasteiger partial charge in [-0.2, -0.15) is 13.2 Å². The summed E-state index contributed by atoms with van der Waals surface area (Å²) in [6.07, 6.45) is -4.98. The minimum absolute atomic E-state index is 0.0209. The van der Waals surface area contributed by atoms with Gasteiger partial charge in [0, 0.05) is 12.1 Å². The van der Waals surface area contributed by atoms with Crippen LogP contribution >= 0.6 is 0 Å². The van der Waals surface area contributed by atoms with Gasteiger partial charge in [0.2, 0.25) is 0 Å². The highest BCUT2D eigenvalue weighted by Gasteiger charge is 2.63. The van der Waals surface area contributed by atoms with Crippen LogP contribution in [0.3, 0.4) is 0 Å². The molecule has 0 bridgehead atoms. The number of amides is 1. The van der Waals surface area contributed by atoms with E-state index in [1.807, 2.05) is 0 Å². The third-order valence-electron chi connectivity index (χ3n) is 4.31. The number of alkyl halides is 3. The summed E-state index contributed by atoms with van der Waals surface area (Å²) in [5, 5.41) is 3.98. The summed E-state index contributed by atoms with van der Waals surface area (Å²) in [7, 11) is 1.50. The first kappa shape index (κ1) is 23.2. The molecule has 1 atom stereocenters. The molecule has 0 saturated carbocycles. The Hall–Kier alpha value is -3.07. The normalized spacial score (nSPS) is 13.2.